The average Bonchev–Trinajstić information content (AvgIpc) is 3.21. The van der Waals surface area contributed by atoms with E-state index in [-0.39, 0.29) is 24.8 Å². The molecule has 0 aliphatic rings. The van der Waals surface area contributed by atoms with E-state index in [9.17, 15) is 29.4 Å². The summed E-state index contributed by atoms with van der Waals surface area (Å²) in [5, 5.41) is 24.5. The molecule has 0 fully saturated rings. The number of hydrogen-bond donors (Lipinski definition) is 4. The molecule has 1 atom stereocenters. The van der Waals surface area contributed by atoms with E-state index in [2.05, 4.69) is 10.6 Å². The van der Waals surface area contributed by atoms with E-state index in [0.29, 0.717) is 17.6 Å². The van der Waals surface area contributed by atoms with E-state index in [1.54, 1.807) is 20.8 Å². The fourth-order valence-corrected chi connectivity index (χ4v) is 4.31. The molecule has 0 saturated heterocycles. The molecule has 0 radical (unpaired) electrons. The molecule has 12 heteroatoms. The van der Waals surface area contributed by atoms with Crippen LogP contribution in [-0.4, -0.2) is 62.7 Å². The maximum absolute atomic E-state index is 12.7. The molecular formula is C32H55N3O9. The number of aromatic hydroxyl groups is 2. The van der Waals surface area contributed by atoms with Gasteiger partial charge in [0.15, 0.2) is 0 Å². The summed E-state index contributed by atoms with van der Waals surface area (Å²) < 4.78 is 11.0. The van der Waals surface area contributed by atoms with Crippen molar-refractivity contribution in [3.8, 4) is 11.8 Å². The van der Waals surface area contributed by atoms with Crippen molar-refractivity contribution in [1.29, 1.82) is 0 Å². The molecule has 12 nitrogen and oxygen atoms in total. The zero-order valence-corrected chi connectivity index (χ0v) is 27.5. The molecule has 2 amide bonds. The fraction of sp³-hybridized carbons (Fsp3) is 0.750. The van der Waals surface area contributed by atoms with Gasteiger partial charge in [0.25, 0.3) is 0 Å². The lowest BCUT2D eigenvalue weighted by molar-refractivity contribution is -0.155. The van der Waals surface area contributed by atoms with Crippen LogP contribution in [0.4, 0.5) is 4.79 Å². The number of esters is 1. The molecular weight excluding hydrogens is 570 g/mol. The van der Waals surface area contributed by atoms with Crippen molar-refractivity contribution in [3.05, 3.63) is 12.1 Å². The standard InChI is InChI=1S/C32H55N3O9/c1-31(2,3)42-28(39)20-18-16-14-12-10-8-7-9-11-13-15-17-19-25(36)33-23-24(34-30(41)43-32(4,5)6)29(40)44-35-26(37)21-22-27(35)38/h21-22,24,37-38H,7-20,23H2,1-6H3,(H,33,36)(H,34,41)/t24-/m0/s1. The van der Waals surface area contributed by atoms with E-state index >= 15 is 0 Å². The molecule has 1 aromatic rings. The van der Waals surface area contributed by atoms with E-state index in [1.165, 1.54) is 25.7 Å². The molecule has 44 heavy (non-hydrogen) atoms. The van der Waals surface area contributed by atoms with Crippen molar-refractivity contribution < 1.29 is 43.7 Å². The Morgan fingerprint density at radius 1 is 0.705 bits per heavy atom. The Morgan fingerprint density at radius 2 is 1.14 bits per heavy atom. The van der Waals surface area contributed by atoms with Crippen LogP contribution in [0.5, 0.6) is 11.8 Å². The molecule has 0 aliphatic carbocycles. The second kappa shape index (κ2) is 19.8. The number of alkyl carbamates (subject to hydrolysis) is 1. The maximum atomic E-state index is 12.7. The Hall–Kier alpha value is -3.44. The van der Waals surface area contributed by atoms with E-state index < -0.39 is 41.1 Å². The van der Waals surface area contributed by atoms with Gasteiger partial charge in [0.2, 0.25) is 17.7 Å². The van der Waals surface area contributed by atoms with E-state index in [4.69, 9.17) is 14.3 Å². The molecule has 252 valence electrons. The molecule has 0 unspecified atom stereocenters. The van der Waals surface area contributed by atoms with Gasteiger partial charge in [-0.05, 0) is 54.4 Å². The molecule has 0 spiro atoms. The third-order valence-electron chi connectivity index (χ3n) is 6.41. The van der Waals surface area contributed by atoms with Crippen molar-refractivity contribution in [2.45, 2.75) is 149 Å². The van der Waals surface area contributed by atoms with Crippen LogP contribution < -0.4 is 15.5 Å². The van der Waals surface area contributed by atoms with E-state index in [0.717, 1.165) is 57.1 Å². The van der Waals surface area contributed by atoms with Crippen molar-refractivity contribution in [2.75, 3.05) is 6.54 Å². The summed E-state index contributed by atoms with van der Waals surface area (Å²) in [6.45, 7) is 10.4. The lowest BCUT2D eigenvalue weighted by atomic mass is 10.0. The van der Waals surface area contributed by atoms with E-state index in [1.807, 2.05) is 20.8 Å². The summed E-state index contributed by atoms with van der Waals surface area (Å²) in [7, 11) is 0. The summed E-state index contributed by atoms with van der Waals surface area (Å²) in [4.78, 5) is 54.0. The number of carbonyl (C=O) groups is 4. The van der Waals surface area contributed by atoms with Gasteiger partial charge >= 0.3 is 18.0 Å². The lowest BCUT2D eigenvalue weighted by Crippen LogP contribution is -2.52. The topological polar surface area (TPSA) is 165 Å². The SMILES string of the molecule is CC(C)(C)OC(=O)CCCCCCCCCCCCCCC(=O)NC[C@H](NC(=O)OC(C)(C)C)C(=O)On1c(O)ccc1O. The molecule has 0 saturated carbocycles. The van der Waals surface area contributed by atoms with Gasteiger partial charge in [0.1, 0.15) is 17.2 Å². The Labute approximate surface area is 262 Å². The van der Waals surface area contributed by atoms with Gasteiger partial charge < -0.3 is 35.2 Å². The van der Waals surface area contributed by atoms with Crippen LogP contribution in [0.3, 0.4) is 0 Å². The van der Waals surface area contributed by atoms with Crippen LogP contribution in [0.1, 0.15) is 131 Å². The monoisotopic (exact) mass is 625 g/mol. The van der Waals surface area contributed by atoms with Crippen LogP contribution >= 0.6 is 0 Å². The summed E-state index contributed by atoms with van der Waals surface area (Å²) in [5.74, 6) is -2.43. The minimum Gasteiger partial charge on any atom is -0.492 e. The second-order valence-corrected chi connectivity index (χ2v) is 13.1. The highest BCUT2D eigenvalue weighted by Crippen LogP contribution is 2.19. The van der Waals surface area contributed by atoms with Crippen LogP contribution in [0, 0.1) is 0 Å². The van der Waals surface area contributed by atoms with Gasteiger partial charge in [-0.15, -0.1) is 4.73 Å². The van der Waals surface area contributed by atoms with Gasteiger partial charge in [0, 0.05) is 31.5 Å². The highest BCUT2D eigenvalue weighted by atomic mass is 16.7. The molecule has 0 aliphatic heterocycles. The highest BCUT2D eigenvalue weighted by molar-refractivity contribution is 5.83. The average molecular weight is 626 g/mol. The Morgan fingerprint density at radius 3 is 1.59 bits per heavy atom. The Bertz CT molecular complexity index is 1010. The minimum atomic E-state index is -1.33. The van der Waals surface area contributed by atoms with Gasteiger partial charge in [-0.3, -0.25) is 9.59 Å². The minimum absolute atomic E-state index is 0.115. The maximum Gasteiger partial charge on any atom is 0.408 e. The van der Waals surface area contributed by atoms with Crippen LogP contribution in [0.25, 0.3) is 0 Å². The first-order valence-electron chi connectivity index (χ1n) is 15.9. The number of amides is 2. The lowest BCUT2D eigenvalue weighted by Gasteiger charge is -2.23. The van der Waals surface area contributed by atoms with Gasteiger partial charge in [0.05, 0.1) is 0 Å². The third-order valence-corrected chi connectivity index (χ3v) is 6.41. The van der Waals surface area contributed by atoms with Crippen molar-refractivity contribution >= 4 is 23.9 Å². The number of nitrogens with zero attached hydrogens (tertiary/aromatic N) is 1. The third kappa shape index (κ3) is 19.0. The fourth-order valence-electron chi connectivity index (χ4n) is 4.31. The predicted octanol–water partition coefficient (Wildman–Crippen LogP) is 5.67. The molecule has 0 bridgehead atoms. The van der Waals surface area contributed by atoms with Gasteiger partial charge in [-0.1, -0.05) is 64.2 Å². The molecule has 1 aromatic heterocycles. The van der Waals surface area contributed by atoms with Crippen LogP contribution in [-0.2, 0) is 23.9 Å². The van der Waals surface area contributed by atoms with Crippen molar-refractivity contribution in [1.82, 2.24) is 15.4 Å². The highest BCUT2D eigenvalue weighted by Gasteiger charge is 2.28. The number of ether oxygens (including phenoxy) is 2. The number of unbranched alkanes of at least 4 members (excludes halogenated alkanes) is 11. The summed E-state index contributed by atoms with van der Waals surface area (Å²) in [5.41, 5.74) is -1.23. The molecule has 0 aromatic carbocycles. The quantitative estimate of drug-likeness (QED) is 0.106. The predicted molar refractivity (Wildman–Crippen MR) is 166 cm³/mol. The Kier molecular flexibility index (Phi) is 17.3. The summed E-state index contributed by atoms with van der Waals surface area (Å²) >= 11 is 0. The summed E-state index contributed by atoms with van der Waals surface area (Å²) in [6.07, 6.45) is 12.7. The zero-order chi connectivity index (χ0) is 33.2. The van der Waals surface area contributed by atoms with Gasteiger partial charge in [-0.25, -0.2) is 9.59 Å². The van der Waals surface area contributed by atoms with Crippen LogP contribution in [0.15, 0.2) is 12.1 Å². The first kappa shape index (κ1) is 38.6. The number of rotatable bonds is 20. The van der Waals surface area contributed by atoms with Gasteiger partial charge in [-0.2, -0.15) is 0 Å². The number of carbonyl (C=O) groups excluding carboxylic acids is 4. The number of nitrogens with one attached hydrogen (secondary N) is 2. The Balaban J connectivity index is 2.20. The molecule has 4 N–H and O–H groups in total. The summed E-state index contributed by atoms with van der Waals surface area (Å²) in [6, 6.07) is 0.926. The molecule has 1 heterocycles. The largest absolute Gasteiger partial charge is 0.492 e. The molecule has 1 rings (SSSR count). The number of hydrogen-bond acceptors (Lipinski definition) is 9. The first-order chi connectivity index (χ1) is 20.6. The smallest absolute Gasteiger partial charge is 0.408 e. The van der Waals surface area contributed by atoms with Crippen molar-refractivity contribution in [2.24, 2.45) is 0 Å². The normalized spacial score (nSPS) is 12.3. The first-order valence-corrected chi connectivity index (χ1v) is 15.9. The van der Waals surface area contributed by atoms with Crippen molar-refractivity contribution in [3.63, 3.8) is 0 Å². The second-order valence-electron chi connectivity index (χ2n) is 13.1. The number of aromatic nitrogens is 1. The van der Waals surface area contributed by atoms with Crippen LogP contribution in [0.2, 0.25) is 0 Å². The zero-order valence-electron chi connectivity index (χ0n) is 27.5.